The molecular formula is C7H13ClO3. The summed E-state index contributed by atoms with van der Waals surface area (Å²) in [6, 6.07) is 0. The fourth-order valence-electron chi connectivity index (χ4n) is 0.479. The summed E-state index contributed by atoms with van der Waals surface area (Å²) in [6.07, 6.45) is 0. The van der Waals surface area contributed by atoms with Crippen LogP contribution in [0.3, 0.4) is 0 Å². The molecular weight excluding hydrogens is 168 g/mol. The van der Waals surface area contributed by atoms with Gasteiger partial charge in [-0.15, -0.1) is 11.6 Å². The lowest BCUT2D eigenvalue weighted by Crippen LogP contribution is -2.20. The van der Waals surface area contributed by atoms with Crippen molar-refractivity contribution in [3.63, 3.8) is 0 Å². The Bertz CT molecular complexity index is 125. The van der Waals surface area contributed by atoms with Gasteiger partial charge in [-0.25, -0.2) is 0 Å². The van der Waals surface area contributed by atoms with Crippen molar-refractivity contribution in [2.75, 3.05) is 13.2 Å². The Kier molecular flexibility index (Phi) is 5.24. The molecule has 0 spiro atoms. The van der Waals surface area contributed by atoms with Gasteiger partial charge in [0, 0.05) is 6.61 Å². The summed E-state index contributed by atoms with van der Waals surface area (Å²) in [7, 11) is 0. The molecule has 0 bridgehead atoms. The third kappa shape index (κ3) is 6.13. The molecule has 1 unspecified atom stereocenters. The van der Waals surface area contributed by atoms with E-state index >= 15 is 0 Å². The van der Waals surface area contributed by atoms with E-state index in [4.69, 9.17) is 21.4 Å². The van der Waals surface area contributed by atoms with E-state index in [1.807, 2.05) is 13.8 Å². The number of rotatable bonds is 5. The lowest BCUT2D eigenvalue weighted by Gasteiger charge is -2.07. The molecule has 0 aromatic heterocycles. The van der Waals surface area contributed by atoms with Gasteiger partial charge in [-0.1, -0.05) is 13.8 Å². The first-order valence-corrected chi connectivity index (χ1v) is 3.92. The molecule has 0 amide bonds. The van der Waals surface area contributed by atoms with E-state index < -0.39 is 11.3 Å². The highest BCUT2D eigenvalue weighted by molar-refractivity contribution is 6.29. The highest BCUT2D eigenvalue weighted by Crippen LogP contribution is 1.99. The molecule has 0 aromatic rings. The summed E-state index contributed by atoms with van der Waals surface area (Å²) in [5.41, 5.74) is 0. The fraction of sp³-hybridized carbons (Fsp3) is 0.857. The minimum atomic E-state index is -1.03. The Labute approximate surface area is 71.3 Å². The van der Waals surface area contributed by atoms with Gasteiger partial charge in [0.25, 0.3) is 0 Å². The lowest BCUT2D eigenvalue weighted by molar-refractivity contribution is -0.137. The van der Waals surface area contributed by atoms with Crippen LogP contribution in [0.1, 0.15) is 13.8 Å². The van der Waals surface area contributed by atoms with Gasteiger partial charge in [-0.2, -0.15) is 0 Å². The molecule has 1 N–H and O–H groups in total. The average molecular weight is 181 g/mol. The first-order chi connectivity index (χ1) is 5.04. The van der Waals surface area contributed by atoms with Crippen LogP contribution in [0.15, 0.2) is 0 Å². The van der Waals surface area contributed by atoms with E-state index in [2.05, 4.69) is 0 Å². The molecule has 0 aromatic carbocycles. The van der Waals surface area contributed by atoms with Gasteiger partial charge in [0.2, 0.25) is 0 Å². The molecule has 0 heterocycles. The summed E-state index contributed by atoms with van der Waals surface area (Å²) < 4.78 is 5.01. The molecule has 11 heavy (non-hydrogen) atoms. The summed E-state index contributed by atoms with van der Waals surface area (Å²) in [5, 5.41) is 7.41. The van der Waals surface area contributed by atoms with Gasteiger partial charge in [0.1, 0.15) is 0 Å². The van der Waals surface area contributed by atoms with Crippen molar-refractivity contribution < 1.29 is 14.6 Å². The Morgan fingerprint density at radius 1 is 1.55 bits per heavy atom. The van der Waals surface area contributed by atoms with Crippen LogP contribution in [0, 0.1) is 5.92 Å². The van der Waals surface area contributed by atoms with Crippen molar-refractivity contribution in [1.29, 1.82) is 0 Å². The molecule has 0 rings (SSSR count). The second-order valence-electron chi connectivity index (χ2n) is 2.74. The number of hydrogen-bond donors (Lipinski definition) is 1. The molecule has 0 radical (unpaired) electrons. The fourth-order valence-corrected chi connectivity index (χ4v) is 0.568. The predicted molar refractivity (Wildman–Crippen MR) is 42.9 cm³/mol. The number of halogens is 1. The normalized spacial score (nSPS) is 13.5. The summed E-state index contributed by atoms with van der Waals surface area (Å²) in [6.45, 7) is 4.61. The Balaban J connectivity index is 3.31. The van der Waals surface area contributed by atoms with Crippen molar-refractivity contribution >= 4 is 17.6 Å². The summed E-state index contributed by atoms with van der Waals surface area (Å²) in [4.78, 5) is 10.2. The van der Waals surface area contributed by atoms with Gasteiger partial charge in [0.15, 0.2) is 5.38 Å². The van der Waals surface area contributed by atoms with Crippen LogP contribution in [-0.4, -0.2) is 29.7 Å². The molecule has 0 fully saturated rings. The molecule has 3 nitrogen and oxygen atoms in total. The first-order valence-electron chi connectivity index (χ1n) is 3.48. The molecule has 0 aliphatic heterocycles. The quantitative estimate of drug-likeness (QED) is 0.650. The van der Waals surface area contributed by atoms with Crippen molar-refractivity contribution in [3.8, 4) is 0 Å². The van der Waals surface area contributed by atoms with Crippen LogP contribution in [0.4, 0.5) is 0 Å². The third-order valence-electron chi connectivity index (χ3n) is 0.983. The van der Waals surface area contributed by atoms with E-state index in [1.54, 1.807) is 0 Å². The van der Waals surface area contributed by atoms with Crippen molar-refractivity contribution in [1.82, 2.24) is 0 Å². The average Bonchev–Trinajstić information content (AvgIpc) is 1.86. The van der Waals surface area contributed by atoms with Crippen LogP contribution < -0.4 is 0 Å². The molecule has 0 aliphatic carbocycles. The second-order valence-corrected chi connectivity index (χ2v) is 3.26. The highest BCUT2D eigenvalue weighted by Gasteiger charge is 2.13. The number of hydrogen-bond acceptors (Lipinski definition) is 2. The number of carboxylic acids is 1. The molecule has 0 saturated heterocycles. The van der Waals surface area contributed by atoms with E-state index in [0.717, 1.165) is 0 Å². The highest BCUT2D eigenvalue weighted by atomic mass is 35.5. The lowest BCUT2D eigenvalue weighted by atomic mass is 10.2. The maximum Gasteiger partial charge on any atom is 0.324 e. The zero-order valence-electron chi connectivity index (χ0n) is 6.71. The second kappa shape index (κ2) is 5.38. The van der Waals surface area contributed by atoms with E-state index in [-0.39, 0.29) is 6.61 Å². The topological polar surface area (TPSA) is 46.5 Å². The SMILES string of the molecule is CC(C)COCC(Cl)C(=O)O. The van der Waals surface area contributed by atoms with Gasteiger partial charge in [0.05, 0.1) is 6.61 Å². The van der Waals surface area contributed by atoms with Crippen molar-refractivity contribution in [3.05, 3.63) is 0 Å². The van der Waals surface area contributed by atoms with Gasteiger partial charge in [-0.05, 0) is 5.92 Å². The van der Waals surface area contributed by atoms with Crippen LogP contribution in [0.25, 0.3) is 0 Å². The Morgan fingerprint density at radius 2 is 2.09 bits per heavy atom. The van der Waals surface area contributed by atoms with Gasteiger partial charge in [-0.3, -0.25) is 4.79 Å². The van der Waals surface area contributed by atoms with Crippen LogP contribution >= 0.6 is 11.6 Å². The summed E-state index contributed by atoms with van der Waals surface area (Å²) in [5.74, 6) is -0.622. The largest absolute Gasteiger partial charge is 0.480 e. The number of aliphatic carboxylic acids is 1. The van der Waals surface area contributed by atoms with E-state index in [9.17, 15) is 4.79 Å². The minimum absolute atomic E-state index is 0.0784. The van der Waals surface area contributed by atoms with E-state index in [0.29, 0.717) is 12.5 Å². The zero-order chi connectivity index (χ0) is 8.85. The number of carboxylic acid groups (broad SMARTS) is 1. The smallest absolute Gasteiger partial charge is 0.324 e. The van der Waals surface area contributed by atoms with E-state index in [1.165, 1.54) is 0 Å². The van der Waals surface area contributed by atoms with Crippen LogP contribution in [0.5, 0.6) is 0 Å². The zero-order valence-corrected chi connectivity index (χ0v) is 7.47. The monoisotopic (exact) mass is 180 g/mol. The number of carbonyl (C=O) groups is 1. The summed E-state index contributed by atoms with van der Waals surface area (Å²) >= 11 is 5.37. The number of ether oxygens (including phenoxy) is 1. The molecule has 4 heteroatoms. The minimum Gasteiger partial charge on any atom is -0.480 e. The number of alkyl halides is 1. The van der Waals surface area contributed by atoms with Gasteiger partial charge < -0.3 is 9.84 Å². The maximum absolute atomic E-state index is 10.2. The molecule has 1 atom stereocenters. The Morgan fingerprint density at radius 3 is 2.45 bits per heavy atom. The third-order valence-corrected chi connectivity index (χ3v) is 1.30. The predicted octanol–water partition coefficient (Wildman–Crippen LogP) is 1.35. The van der Waals surface area contributed by atoms with Crippen molar-refractivity contribution in [2.45, 2.75) is 19.2 Å². The maximum atomic E-state index is 10.2. The molecule has 0 saturated carbocycles. The van der Waals surface area contributed by atoms with Crippen molar-refractivity contribution in [2.24, 2.45) is 5.92 Å². The Hall–Kier alpha value is -0.280. The van der Waals surface area contributed by atoms with Gasteiger partial charge >= 0.3 is 5.97 Å². The first kappa shape index (κ1) is 10.7. The molecule has 66 valence electrons. The van der Waals surface area contributed by atoms with Crippen LogP contribution in [-0.2, 0) is 9.53 Å². The van der Waals surface area contributed by atoms with Crippen LogP contribution in [0.2, 0.25) is 0 Å². The molecule has 0 aliphatic rings. The standard InChI is InChI=1S/C7H13ClO3/c1-5(2)3-11-4-6(8)7(9)10/h5-6H,3-4H2,1-2H3,(H,9,10).